The van der Waals surface area contributed by atoms with Crippen molar-refractivity contribution in [3.05, 3.63) is 0 Å². The fraction of sp³-hybridized carbons (Fsp3) is 0.889. The number of hydrogen-bond acceptors (Lipinski definition) is 3. The monoisotopic (exact) mass is 169 g/mol. The molecular formula is C9H19N3. The summed E-state index contributed by atoms with van der Waals surface area (Å²) in [5.41, 5.74) is 5.69. The largest absolute Gasteiger partial charge is 0.370 e. The lowest BCUT2D eigenvalue weighted by Crippen LogP contribution is -2.41. The molecule has 0 aromatic rings. The predicted molar refractivity (Wildman–Crippen MR) is 52.1 cm³/mol. The van der Waals surface area contributed by atoms with Gasteiger partial charge in [0.15, 0.2) is 5.96 Å². The number of hydrogen-bond donors (Lipinski definition) is 1. The highest BCUT2D eigenvalue weighted by molar-refractivity contribution is 5.79. The molecule has 1 aliphatic heterocycles. The first-order valence-corrected chi connectivity index (χ1v) is 4.73. The highest BCUT2D eigenvalue weighted by atomic mass is 15.3. The molecule has 1 heterocycles. The van der Waals surface area contributed by atoms with Gasteiger partial charge in [-0.05, 0) is 5.92 Å². The summed E-state index contributed by atoms with van der Waals surface area (Å²) in [6.07, 6.45) is 2.43. The Balaban J connectivity index is 2.55. The van der Waals surface area contributed by atoms with Gasteiger partial charge in [-0.1, -0.05) is 26.7 Å². The Bertz CT molecular complexity index is 173. The van der Waals surface area contributed by atoms with Crippen molar-refractivity contribution in [1.29, 1.82) is 0 Å². The summed E-state index contributed by atoms with van der Waals surface area (Å²) in [6.45, 7) is 5.35. The Morgan fingerprint density at radius 2 is 2.17 bits per heavy atom. The minimum absolute atomic E-state index is 0.542. The van der Waals surface area contributed by atoms with Gasteiger partial charge in [0.1, 0.15) is 0 Å². The summed E-state index contributed by atoms with van der Waals surface area (Å²) in [6, 6.07) is 0.542. The molecule has 0 saturated carbocycles. The van der Waals surface area contributed by atoms with Gasteiger partial charge in [-0.3, -0.25) is 4.99 Å². The summed E-state index contributed by atoms with van der Waals surface area (Å²) in [7, 11) is 2.04. The molecule has 70 valence electrons. The van der Waals surface area contributed by atoms with E-state index in [0.29, 0.717) is 12.0 Å². The van der Waals surface area contributed by atoms with Crippen LogP contribution in [0.1, 0.15) is 26.7 Å². The van der Waals surface area contributed by atoms with Gasteiger partial charge in [0, 0.05) is 7.05 Å². The molecule has 1 rings (SSSR count). The lowest BCUT2D eigenvalue weighted by Gasteiger charge is -2.28. The maximum Gasteiger partial charge on any atom is 0.191 e. The van der Waals surface area contributed by atoms with Crippen molar-refractivity contribution in [2.75, 3.05) is 13.6 Å². The van der Waals surface area contributed by atoms with Crippen LogP contribution < -0.4 is 5.73 Å². The van der Waals surface area contributed by atoms with E-state index in [2.05, 4.69) is 23.7 Å². The normalized spacial score (nSPS) is 23.5. The van der Waals surface area contributed by atoms with Gasteiger partial charge in [0.25, 0.3) is 0 Å². The Morgan fingerprint density at radius 1 is 1.58 bits per heavy atom. The molecular weight excluding hydrogens is 150 g/mol. The molecule has 0 bridgehead atoms. The molecule has 0 spiro atoms. The summed E-state index contributed by atoms with van der Waals surface area (Å²) in [4.78, 5) is 6.34. The van der Waals surface area contributed by atoms with E-state index in [9.17, 15) is 0 Å². The molecule has 2 N–H and O–H groups in total. The smallest absolute Gasteiger partial charge is 0.191 e. The van der Waals surface area contributed by atoms with E-state index < -0.39 is 0 Å². The van der Waals surface area contributed by atoms with Crippen LogP contribution >= 0.6 is 0 Å². The minimum Gasteiger partial charge on any atom is -0.370 e. The van der Waals surface area contributed by atoms with Gasteiger partial charge in [-0.2, -0.15) is 0 Å². The average molecular weight is 169 g/mol. The maximum atomic E-state index is 5.69. The number of guanidine groups is 1. The van der Waals surface area contributed by atoms with E-state index in [1.807, 2.05) is 7.05 Å². The van der Waals surface area contributed by atoms with E-state index in [0.717, 1.165) is 12.5 Å². The van der Waals surface area contributed by atoms with E-state index in [4.69, 9.17) is 5.73 Å². The van der Waals surface area contributed by atoms with Gasteiger partial charge >= 0.3 is 0 Å². The third-order valence-electron chi connectivity index (χ3n) is 2.89. The number of nitrogens with zero attached hydrogens (tertiary/aromatic N) is 2. The molecule has 3 heteroatoms. The van der Waals surface area contributed by atoms with Gasteiger partial charge in [0.05, 0.1) is 12.6 Å². The first-order chi connectivity index (χ1) is 5.70. The summed E-state index contributed by atoms with van der Waals surface area (Å²) in [5.74, 6) is 1.44. The third-order valence-corrected chi connectivity index (χ3v) is 2.89. The van der Waals surface area contributed by atoms with E-state index in [1.54, 1.807) is 0 Å². The van der Waals surface area contributed by atoms with Crippen molar-refractivity contribution in [2.45, 2.75) is 32.7 Å². The van der Waals surface area contributed by atoms with Gasteiger partial charge < -0.3 is 10.6 Å². The molecule has 0 radical (unpaired) electrons. The zero-order valence-electron chi connectivity index (χ0n) is 8.25. The average Bonchev–Trinajstić information content (AvgIpc) is 2.38. The quantitative estimate of drug-likeness (QED) is 0.686. The minimum atomic E-state index is 0.542. The molecule has 0 aromatic heterocycles. The Hall–Kier alpha value is -0.730. The van der Waals surface area contributed by atoms with E-state index >= 15 is 0 Å². The first kappa shape index (κ1) is 9.36. The van der Waals surface area contributed by atoms with Crippen molar-refractivity contribution < 1.29 is 0 Å². The molecule has 3 nitrogen and oxygen atoms in total. The second kappa shape index (κ2) is 3.78. The third kappa shape index (κ3) is 1.54. The second-order valence-electron chi connectivity index (χ2n) is 3.45. The summed E-state index contributed by atoms with van der Waals surface area (Å²) < 4.78 is 0. The highest BCUT2D eigenvalue weighted by Crippen LogP contribution is 2.20. The zero-order chi connectivity index (χ0) is 9.14. The molecule has 0 saturated heterocycles. The molecule has 1 atom stereocenters. The van der Waals surface area contributed by atoms with Crippen LogP contribution in [0.15, 0.2) is 4.99 Å². The number of nitrogens with two attached hydrogens (primary N) is 1. The van der Waals surface area contributed by atoms with Crippen LogP contribution in [-0.4, -0.2) is 30.5 Å². The van der Waals surface area contributed by atoms with Crippen molar-refractivity contribution in [1.82, 2.24) is 4.90 Å². The van der Waals surface area contributed by atoms with Crippen molar-refractivity contribution in [2.24, 2.45) is 16.6 Å². The van der Waals surface area contributed by atoms with E-state index in [-0.39, 0.29) is 0 Å². The lowest BCUT2D eigenvalue weighted by molar-refractivity contribution is 0.269. The maximum absolute atomic E-state index is 5.69. The van der Waals surface area contributed by atoms with Gasteiger partial charge in [0.2, 0.25) is 0 Å². The van der Waals surface area contributed by atoms with Crippen LogP contribution in [0.5, 0.6) is 0 Å². The van der Waals surface area contributed by atoms with Gasteiger partial charge in [-0.25, -0.2) is 0 Å². The van der Waals surface area contributed by atoms with Crippen LogP contribution in [0, 0.1) is 5.92 Å². The Morgan fingerprint density at radius 3 is 2.50 bits per heavy atom. The van der Waals surface area contributed by atoms with Crippen molar-refractivity contribution in [3.8, 4) is 0 Å². The molecule has 0 amide bonds. The van der Waals surface area contributed by atoms with Crippen molar-refractivity contribution >= 4 is 5.96 Å². The molecule has 1 unspecified atom stereocenters. The van der Waals surface area contributed by atoms with Crippen LogP contribution in [0.3, 0.4) is 0 Å². The predicted octanol–water partition coefficient (Wildman–Crippen LogP) is 1.05. The molecule has 1 aliphatic rings. The molecule has 12 heavy (non-hydrogen) atoms. The Labute approximate surface area is 74.6 Å². The highest BCUT2D eigenvalue weighted by Gasteiger charge is 2.27. The standard InChI is InChI=1S/C9H19N3/c1-4-7(5-2)8-6-11-9(10)12(8)3/h7-8H,4-6H2,1-3H3,(H2,10,11). The SMILES string of the molecule is CCC(CC)C1CN=C(N)N1C. The number of likely N-dealkylation sites (N-methyl/N-ethyl adjacent to an activating group) is 1. The fourth-order valence-corrected chi connectivity index (χ4v) is 1.89. The number of rotatable bonds is 3. The first-order valence-electron chi connectivity index (χ1n) is 4.73. The fourth-order valence-electron chi connectivity index (χ4n) is 1.89. The van der Waals surface area contributed by atoms with Crippen LogP contribution in [0.2, 0.25) is 0 Å². The number of aliphatic imine (C=N–C) groups is 1. The van der Waals surface area contributed by atoms with Crippen LogP contribution in [-0.2, 0) is 0 Å². The van der Waals surface area contributed by atoms with Crippen LogP contribution in [0.25, 0.3) is 0 Å². The molecule has 0 aromatic carbocycles. The molecule has 0 fully saturated rings. The van der Waals surface area contributed by atoms with Gasteiger partial charge in [-0.15, -0.1) is 0 Å². The summed E-state index contributed by atoms with van der Waals surface area (Å²) in [5, 5.41) is 0. The summed E-state index contributed by atoms with van der Waals surface area (Å²) >= 11 is 0. The Kier molecular flexibility index (Phi) is 2.95. The zero-order valence-corrected chi connectivity index (χ0v) is 8.25. The lowest BCUT2D eigenvalue weighted by atomic mass is 9.94. The molecule has 0 aliphatic carbocycles. The second-order valence-corrected chi connectivity index (χ2v) is 3.45. The van der Waals surface area contributed by atoms with Crippen molar-refractivity contribution in [3.63, 3.8) is 0 Å². The topological polar surface area (TPSA) is 41.6 Å². The van der Waals surface area contributed by atoms with E-state index in [1.165, 1.54) is 12.8 Å². The van der Waals surface area contributed by atoms with Crippen LogP contribution in [0.4, 0.5) is 0 Å².